The first-order chi connectivity index (χ1) is 11.3. The molecule has 2 aliphatic rings. The third-order valence-corrected chi connectivity index (χ3v) is 6.27. The van der Waals surface area contributed by atoms with Crippen molar-refractivity contribution in [2.75, 3.05) is 50.9 Å². The summed E-state index contributed by atoms with van der Waals surface area (Å²) in [6.45, 7) is 5.35. The Morgan fingerprint density at radius 2 is 2.04 bits per heavy atom. The van der Waals surface area contributed by atoms with E-state index >= 15 is 0 Å². The summed E-state index contributed by atoms with van der Waals surface area (Å²) in [6.07, 6.45) is 1.07. The molecular weight excluding hydrogens is 376 g/mol. The number of benzene rings is 1. The lowest BCUT2D eigenvalue weighted by atomic mass is 10.1. The van der Waals surface area contributed by atoms with Gasteiger partial charge in [0.15, 0.2) is 0 Å². The van der Waals surface area contributed by atoms with E-state index in [4.69, 9.17) is 4.74 Å². The minimum atomic E-state index is 0.151. The zero-order chi connectivity index (χ0) is 16.1. The van der Waals surface area contributed by atoms with Crippen molar-refractivity contribution in [3.05, 3.63) is 34.3 Å². The predicted molar refractivity (Wildman–Crippen MR) is 98.2 cm³/mol. The van der Waals surface area contributed by atoms with Crippen LogP contribution in [0.3, 0.4) is 0 Å². The zero-order valence-electron chi connectivity index (χ0n) is 13.2. The van der Waals surface area contributed by atoms with Crippen LogP contribution < -0.4 is 0 Å². The molecule has 1 aromatic carbocycles. The van der Waals surface area contributed by atoms with Crippen LogP contribution in [-0.4, -0.2) is 72.6 Å². The fraction of sp³-hybridized carbons (Fsp3) is 0.588. The monoisotopic (exact) mass is 398 g/mol. The molecule has 4 nitrogen and oxygen atoms in total. The van der Waals surface area contributed by atoms with Gasteiger partial charge in [-0.2, -0.15) is 11.8 Å². The maximum Gasteiger partial charge on any atom is 0.255 e. The largest absolute Gasteiger partial charge is 0.379 e. The molecule has 6 heteroatoms. The molecule has 1 aromatic rings. The summed E-state index contributed by atoms with van der Waals surface area (Å²) in [5, 5.41) is 0. The molecule has 0 N–H and O–H groups in total. The van der Waals surface area contributed by atoms with Crippen molar-refractivity contribution < 1.29 is 9.53 Å². The maximum atomic E-state index is 13.1. The number of nitrogens with zero attached hydrogens (tertiary/aromatic N) is 2. The smallest absolute Gasteiger partial charge is 0.255 e. The highest BCUT2D eigenvalue weighted by Gasteiger charge is 2.29. The summed E-state index contributed by atoms with van der Waals surface area (Å²) in [5.41, 5.74) is 0.770. The van der Waals surface area contributed by atoms with Crippen molar-refractivity contribution in [2.24, 2.45) is 0 Å². The van der Waals surface area contributed by atoms with E-state index in [-0.39, 0.29) is 11.9 Å². The summed E-state index contributed by atoms with van der Waals surface area (Å²) in [5.74, 6) is 2.31. The number of thioether (sulfide) groups is 1. The Hall–Kier alpha value is -0.560. The summed E-state index contributed by atoms with van der Waals surface area (Å²) in [7, 11) is 0. The normalized spacial score (nSPS) is 23.5. The van der Waals surface area contributed by atoms with Gasteiger partial charge in [-0.05, 0) is 40.2 Å². The molecule has 0 bridgehead atoms. The Bertz CT molecular complexity index is 537. The van der Waals surface area contributed by atoms with Gasteiger partial charge in [0.2, 0.25) is 0 Å². The fourth-order valence-electron chi connectivity index (χ4n) is 3.12. The number of rotatable bonds is 3. The molecule has 1 amide bonds. The van der Waals surface area contributed by atoms with Crippen LogP contribution in [0, 0.1) is 0 Å². The minimum Gasteiger partial charge on any atom is -0.379 e. The van der Waals surface area contributed by atoms with Crippen LogP contribution >= 0.6 is 27.7 Å². The molecule has 0 radical (unpaired) electrons. The summed E-state index contributed by atoms with van der Waals surface area (Å²) < 4.78 is 6.32. The van der Waals surface area contributed by atoms with Gasteiger partial charge in [-0.15, -0.1) is 0 Å². The minimum absolute atomic E-state index is 0.151. The number of morpholine rings is 1. The molecule has 2 heterocycles. The van der Waals surface area contributed by atoms with Gasteiger partial charge in [0.05, 0.1) is 24.8 Å². The van der Waals surface area contributed by atoms with Crippen LogP contribution in [0.5, 0.6) is 0 Å². The topological polar surface area (TPSA) is 32.8 Å². The van der Waals surface area contributed by atoms with Gasteiger partial charge < -0.3 is 9.64 Å². The Kier molecular flexibility index (Phi) is 6.39. The van der Waals surface area contributed by atoms with E-state index in [1.807, 2.05) is 36.0 Å². The van der Waals surface area contributed by atoms with Crippen LogP contribution in [0.2, 0.25) is 0 Å². The van der Waals surface area contributed by atoms with E-state index in [0.29, 0.717) is 0 Å². The van der Waals surface area contributed by atoms with Crippen molar-refractivity contribution in [1.29, 1.82) is 0 Å². The van der Waals surface area contributed by atoms with Gasteiger partial charge in [0.25, 0.3) is 5.91 Å². The molecule has 3 rings (SSSR count). The number of ether oxygens (including phenoxy) is 1. The van der Waals surface area contributed by atoms with Crippen molar-refractivity contribution in [3.63, 3.8) is 0 Å². The Morgan fingerprint density at radius 3 is 2.83 bits per heavy atom. The average molecular weight is 399 g/mol. The molecule has 126 valence electrons. The molecule has 0 aliphatic carbocycles. The molecular formula is C17H23BrN2O2S. The van der Waals surface area contributed by atoms with E-state index in [9.17, 15) is 4.79 Å². The van der Waals surface area contributed by atoms with Crippen LogP contribution in [0.15, 0.2) is 28.7 Å². The highest BCUT2D eigenvalue weighted by molar-refractivity contribution is 9.10. The van der Waals surface area contributed by atoms with Crippen LogP contribution in [-0.2, 0) is 4.74 Å². The third kappa shape index (κ3) is 4.50. The van der Waals surface area contributed by atoms with Crippen molar-refractivity contribution in [2.45, 2.75) is 12.5 Å². The van der Waals surface area contributed by atoms with E-state index in [2.05, 4.69) is 25.7 Å². The second-order valence-corrected chi connectivity index (χ2v) is 7.98. The fourth-order valence-corrected chi connectivity index (χ4v) is 4.63. The number of hydrogen-bond acceptors (Lipinski definition) is 4. The lowest BCUT2D eigenvalue weighted by Gasteiger charge is -2.35. The quantitative estimate of drug-likeness (QED) is 0.783. The lowest BCUT2D eigenvalue weighted by molar-refractivity contribution is 0.0245. The molecule has 2 saturated heterocycles. The summed E-state index contributed by atoms with van der Waals surface area (Å²) >= 11 is 5.49. The summed E-state index contributed by atoms with van der Waals surface area (Å²) in [6, 6.07) is 8.01. The van der Waals surface area contributed by atoms with Crippen molar-refractivity contribution in [1.82, 2.24) is 9.80 Å². The number of carbonyl (C=O) groups excluding carboxylic acids is 1. The van der Waals surface area contributed by atoms with E-state index < -0.39 is 0 Å². The summed E-state index contributed by atoms with van der Waals surface area (Å²) in [4.78, 5) is 17.6. The average Bonchev–Trinajstić information content (AvgIpc) is 2.81. The predicted octanol–water partition coefficient (Wildman–Crippen LogP) is 2.73. The molecule has 0 aromatic heterocycles. The second-order valence-electron chi connectivity index (χ2n) is 5.97. The molecule has 0 unspecified atom stereocenters. The Balaban J connectivity index is 1.75. The van der Waals surface area contributed by atoms with Gasteiger partial charge in [0, 0.05) is 36.4 Å². The van der Waals surface area contributed by atoms with Crippen molar-refractivity contribution >= 4 is 33.6 Å². The molecule has 0 spiro atoms. The van der Waals surface area contributed by atoms with E-state index in [1.165, 1.54) is 0 Å². The highest BCUT2D eigenvalue weighted by Crippen LogP contribution is 2.23. The van der Waals surface area contributed by atoms with Gasteiger partial charge >= 0.3 is 0 Å². The van der Waals surface area contributed by atoms with Crippen LogP contribution in [0.4, 0.5) is 0 Å². The van der Waals surface area contributed by atoms with E-state index in [1.54, 1.807) is 0 Å². The molecule has 1 atom stereocenters. The molecule has 0 saturated carbocycles. The standard InChI is InChI=1S/C17H23BrN2O2S/c18-16-5-2-1-4-15(16)17(21)20-6-3-11-23-13-14(20)12-19-7-9-22-10-8-19/h1-2,4-5,14H,3,6-13H2/t14-/m0/s1. The lowest BCUT2D eigenvalue weighted by Crippen LogP contribution is -2.50. The molecule has 2 fully saturated rings. The highest BCUT2D eigenvalue weighted by atomic mass is 79.9. The second kappa shape index (κ2) is 8.51. The molecule has 2 aliphatic heterocycles. The number of halogens is 1. The third-order valence-electron chi connectivity index (χ3n) is 4.38. The first-order valence-electron chi connectivity index (χ1n) is 8.19. The van der Waals surface area contributed by atoms with Gasteiger partial charge in [-0.1, -0.05) is 12.1 Å². The van der Waals surface area contributed by atoms with Gasteiger partial charge in [-0.3, -0.25) is 9.69 Å². The molecule has 23 heavy (non-hydrogen) atoms. The number of amides is 1. The first-order valence-corrected chi connectivity index (χ1v) is 10.1. The van der Waals surface area contributed by atoms with Crippen molar-refractivity contribution in [3.8, 4) is 0 Å². The number of hydrogen-bond donors (Lipinski definition) is 0. The van der Waals surface area contributed by atoms with E-state index in [0.717, 1.165) is 67.4 Å². The van der Waals surface area contributed by atoms with Gasteiger partial charge in [0.1, 0.15) is 0 Å². The maximum absolute atomic E-state index is 13.1. The SMILES string of the molecule is O=C(c1ccccc1Br)N1CCCSC[C@@H]1CN1CCOCC1. The van der Waals surface area contributed by atoms with Gasteiger partial charge in [-0.25, -0.2) is 0 Å². The zero-order valence-corrected chi connectivity index (χ0v) is 15.7. The number of carbonyl (C=O) groups is 1. The first kappa shape index (κ1) is 17.3. The van der Waals surface area contributed by atoms with Crippen LogP contribution in [0.1, 0.15) is 16.8 Å². The Labute approximate surface area is 150 Å². The van der Waals surface area contributed by atoms with Crippen LogP contribution in [0.25, 0.3) is 0 Å². The Morgan fingerprint density at radius 1 is 1.26 bits per heavy atom.